The Hall–Kier alpha value is -0.730. The number of rotatable bonds is 3. The van der Waals surface area contributed by atoms with Gasteiger partial charge < -0.3 is 0 Å². The Morgan fingerprint density at radius 2 is 0.758 bits per heavy atom. The zero-order chi connectivity index (χ0) is 23.8. The molecule has 0 atom stereocenters. The number of imide groups is 1. The molecule has 0 aromatic carbocycles. The average molecular weight is 457 g/mol. The number of nitrogens with one attached hydrogen (secondary N) is 1. The number of carbonyl (C=O) groups excluding carboxylic acids is 2. The molecule has 0 bridgehead atoms. The van der Waals surface area contributed by atoms with E-state index in [1.165, 1.54) is 117 Å². The molecular formula is C28H53B2NO2. The summed E-state index contributed by atoms with van der Waals surface area (Å²) in [4.78, 5) is 23.9. The molecule has 5 heteroatoms. The van der Waals surface area contributed by atoms with Gasteiger partial charge >= 0.3 is 0 Å². The summed E-state index contributed by atoms with van der Waals surface area (Å²) >= 11 is 0. The smallest absolute Gasteiger partial charge is 0.226 e. The van der Waals surface area contributed by atoms with Gasteiger partial charge in [-0.05, 0) is 12.8 Å². The maximum Gasteiger partial charge on any atom is 0.226 e. The highest BCUT2D eigenvalue weighted by Gasteiger charge is 2.32. The Bertz CT molecular complexity index is 528. The second kappa shape index (κ2) is 16.0. The summed E-state index contributed by atoms with van der Waals surface area (Å²) < 4.78 is 0. The van der Waals surface area contributed by atoms with Crippen LogP contribution in [0.4, 0.5) is 0 Å². The fourth-order valence-corrected chi connectivity index (χ4v) is 6.18. The lowest BCUT2D eigenvalue weighted by molar-refractivity contribution is -0.130. The third kappa shape index (κ3) is 13.1. The second-order valence-corrected chi connectivity index (χ2v) is 12.2. The quantitative estimate of drug-likeness (QED) is 0.355. The summed E-state index contributed by atoms with van der Waals surface area (Å²) in [6.07, 6.45) is 27.5. The van der Waals surface area contributed by atoms with Crippen LogP contribution in [0.1, 0.15) is 155 Å². The zero-order valence-electron chi connectivity index (χ0n) is 22.3. The van der Waals surface area contributed by atoms with Gasteiger partial charge in [0.2, 0.25) is 11.8 Å². The van der Waals surface area contributed by atoms with Crippen molar-refractivity contribution in [1.82, 2.24) is 5.32 Å². The molecule has 1 aliphatic heterocycles. The van der Waals surface area contributed by atoms with Crippen LogP contribution in [0.5, 0.6) is 0 Å². The highest BCUT2D eigenvalue weighted by atomic mass is 16.2. The fraction of sp³-hybridized carbons (Fsp3) is 0.929. The molecule has 33 heavy (non-hydrogen) atoms. The number of amides is 2. The lowest BCUT2D eigenvalue weighted by Gasteiger charge is -2.35. The third-order valence-corrected chi connectivity index (χ3v) is 8.79. The number of carbonyl (C=O) groups is 2. The van der Waals surface area contributed by atoms with Crippen molar-refractivity contribution in [1.29, 1.82) is 0 Å². The first-order valence-electron chi connectivity index (χ1n) is 14.7. The first-order valence-corrected chi connectivity index (χ1v) is 14.7. The van der Waals surface area contributed by atoms with E-state index in [1.807, 2.05) is 0 Å². The van der Waals surface area contributed by atoms with E-state index in [1.54, 1.807) is 0 Å². The highest BCUT2D eigenvalue weighted by Crippen LogP contribution is 2.43. The molecule has 1 heterocycles. The van der Waals surface area contributed by atoms with Gasteiger partial charge in [-0.3, -0.25) is 14.9 Å². The molecule has 0 radical (unpaired) electrons. The molecule has 1 saturated heterocycles. The molecule has 0 aromatic heterocycles. The Labute approximate surface area is 206 Å². The summed E-state index contributed by atoms with van der Waals surface area (Å²) in [7, 11) is 2.66. The summed E-state index contributed by atoms with van der Waals surface area (Å²) in [6, 6.07) is 0. The summed E-state index contributed by atoms with van der Waals surface area (Å²) in [5.74, 6) is -0.157. The van der Waals surface area contributed by atoms with Crippen molar-refractivity contribution < 1.29 is 9.59 Å². The van der Waals surface area contributed by atoms with Crippen molar-refractivity contribution in [3.8, 4) is 0 Å². The van der Waals surface area contributed by atoms with Crippen LogP contribution in [0.15, 0.2) is 0 Å². The Morgan fingerprint density at radius 1 is 0.485 bits per heavy atom. The molecule has 2 rings (SSSR count). The van der Waals surface area contributed by atoms with Crippen LogP contribution in [-0.2, 0) is 9.59 Å². The van der Waals surface area contributed by atoms with E-state index in [0.717, 1.165) is 25.7 Å². The van der Waals surface area contributed by atoms with Crippen LogP contribution in [0.25, 0.3) is 0 Å². The topological polar surface area (TPSA) is 46.2 Å². The van der Waals surface area contributed by atoms with Gasteiger partial charge in [0.25, 0.3) is 0 Å². The number of hydrogen-bond acceptors (Lipinski definition) is 2. The van der Waals surface area contributed by atoms with Gasteiger partial charge in [-0.15, -0.1) is 0 Å². The zero-order valence-corrected chi connectivity index (χ0v) is 22.3. The Kier molecular flexibility index (Phi) is 13.9. The van der Waals surface area contributed by atoms with E-state index >= 15 is 0 Å². The minimum Gasteiger partial charge on any atom is -0.296 e. The monoisotopic (exact) mass is 457 g/mol. The van der Waals surface area contributed by atoms with E-state index in [2.05, 4.69) is 19.2 Å². The molecule has 2 aliphatic rings. The first kappa shape index (κ1) is 28.5. The van der Waals surface area contributed by atoms with Crippen LogP contribution in [0.3, 0.4) is 0 Å². The summed E-state index contributed by atoms with van der Waals surface area (Å²) in [6.45, 7) is 5.09. The minimum absolute atomic E-state index is 0.0785. The van der Waals surface area contributed by atoms with E-state index in [0.29, 0.717) is 23.5 Å². The molecule has 1 N–H and O–H groups in total. The molecule has 1 saturated carbocycles. The maximum atomic E-state index is 11.9. The van der Waals surface area contributed by atoms with E-state index in [-0.39, 0.29) is 11.8 Å². The average Bonchev–Trinajstić information content (AvgIpc) is 2.79. The predicted octanol–water partition coefficient (Wildman–Crippen LogP) is 7.38. The maximum absolute atomic E-state index is 11.9. The molecule has 0 spiro atoms. The lowest BCUT2D eigenvalue weighted by atomic mass is 9.20. The van der Waals surface area contributed by atoms with Gasteiger partial charge in [0.05, 0.1) is 14.3 Å². The molecule has 3 nitrogen and oxygen atoms in total. The molecule has 2 fully saturated rings. The standard InChI is InChI=1S/C28H53B2NO2/c1-27(21-15-11-9-7-5-3-4-6-8-10-12-16-22-27)29-30-28(2)23-17-13-19-25(32)31-26(33)20-14-18-24-28/h29-30H,3-24H2,1-2H3,(H,31,32,33). The first-order chi connectivity index (χ1) is 15.9. The highest BCUT2D eigenvalue weighted by molar-refractivity contribution is 7.03. The molecular weight excluding hydrogens is 404 g/mol. The summed E-state index contributed by atoms with van der Waals surface area (Å²) in [5, 5.41) is 3.40. The van der Waals surface area contributed by atoms with Gasteiger partial charge in [-0.1, -0.05) is 140 Å². The van der Waals surface area contributed by atoms with E-state index in [4.69, 9.17) is 0 Å². The molecule has 0 aromatic rings. The Morgan fingerprint density at radius 3 is 1.09 bits per heavy atom. The van der Waals surface area contributed by atoms with Crippen LogP contribution < -0.4 is 5.32 Å². The van der Waals surface area contributed by atoms with Gasteiger partial charge in [-0.2, -0.15) is 0 Å². The van der Waals surface area contributed by atoms with Crippen LogP contribution in [0.2, 0.25) is 10.6 Å². The SMILES string of the molecule is CC1(BBC2(C)CCCCC(=O)NC(=O)CCCC2)CCCCCCCCCCCCCC1. The van der Waals surface area contributed by atoms with Crippen molar-refractivity contribution >= 4 is 26.2 Å². The normalized spacial score (nSPS) is 25.3. The van der Waals surface area contributed by atoms with E-state index < -0.39 is 0 Å². The lowest BCUT2D eigenvalue weighted by Crippen LogP contribution is -2.32. The largest absolute Gasteiger partial charge is 0.296 e. The molecule has 0 unspecified atom stereocenters. The Balaban J connectivity index is 1.91. The van der Waals surface area contributed by atoms with Crippen LogP contribution in [0, 0.1) is 0 Å². The molecule has 2 amide bonds. The van der Waals surface area contributed by atoms with Crippen molar-refractivity contribution in [3.63, 3.8) is 0 Å². The molecule has 1 aliphatic carbocycles. The van der Waals surface area contributed by atoms with Crippen molar-refractivity contribution in [2.24, 2.45) is 0 Å². The minimum atomic E-state index is -0.0785. The van der Waals surface area contributed by atoms with Crippen LogP contribution >= 0.6 is 0 Å². The van der Waals surface area contributed by atoms with Gasteiger partial charge in [-0.25, -0.2) is 0 Å². The van der Waals surface area contributed by atoms with Gasteiger partial charge in [0, 0.05) is 12.8 Å². The summed E-state index contributed by atoms with van der Waals surface area (Å²) in [5.41, 5.74) is 0. The predicted molar refractivity (Wildman–Crippen MR) is 146 cm³/mol. The fourth-order valence-electron chi connectivity index (χ4n) is 6.18. The number of hydrogen-bond donors (Lipinski definition) is 1. The van der Waals surface area contributed by atoms with Gasteiger partial charge in [0.1, 0.15) is 0 Å². The van der Waals surface area contributed by atoms with Crippen LogP contribution in [-0.4, -0.2) is 26.2 Å². The van der Waals surface area contributed by atoms with Crippen molar-refractivity contribution in [2.75, 3.05) is 0 Å². The van der Waals surface area contributed by atoms with E-state index in [9.17, 15) is 9.59 Å². The third-order valence-electron chi connectivity index (χ3n) is 8.79. The molecule has 188 valence electrons. The van der Waals surface area contributed by atoms with Crippen molar-refractivity contribution in [2.45, 2.75) is 166 Å². The van der Waals surface area contributed by atoms with Crippen molar-refractivity contribution in [3.05, 3.63) is 0 Å². The van der Waals surface area contributed by atoms with Gasteiger partial charge in [0.15, 0.2) is 0 Å². The second-order valence-electron chi connectivity index (χ2n) is 12.2.